The third kappa shape index (κ3) is 3.24. The number of methoxy groups -OCH3 is 1. The van der Waals surface area contributed by atoms with Crippen LogP contribution in [0.2, 0.25) is 0 Å². The minimum atomic E-state index is -0.433. The molecule has 5 heteroatoms. The Balaban J connectivity index is 1.89. The lowest BCUT2D eigenvalue weighted by Crippen LogP contribution is -2.25. The third-order valence-corrected chi connectivity index (χ3v) is 5.06. The van der Waals surface area contributed by atoms with Gasteiger partial charge in [0.25, 0.3) is 5.56 Å². The first kappa shape index (κ1) is 16.0. The molecule has 1 aliphatic carbocycles. The van der Waals surface area contributed by atoms with Gasteiger partial charge in [0.05, 0.1) is 17.1 Å². The zero-order valence-electron chi connectivity index (χ0n) is 12.9. The van der Waals surface area contributed by atoms with Crippen molar-refractivity contribution in [3.05, 3.63) is 68.5 Å². The third-order valence-electron chi connectivity index (χ3n) is 4.49. The summed E-state index contributed by atoms with van der Waals surface area (Å²) < 4.78 is 6.84. The summed E-state index contributed by atoms with van der Waals surface area (Å²) in [5, 5.41) is 0. The summed E-state index contributed by atoms with van der Waals surface area (Å²) in [6, 6.07) is 12.0. The summed E-state index contributed by atoms with van der Waals surface area (Å²) in [5.74, 6) is 0.0192. The van der Waals surface area contributed by atoms with Crippen molar-refractivity contribution in [2.24, 2.45) is 0 Å². The summed E-state index contributed by atoms with van der Waals surface area (Å²) in [6.07, 6.45) is 4.50. The SMILES string of the molecule is COC(=O)c1cc(Br)c(=O)n(C2CCC(c3ccccc3)C2)c1. The van der Waals surface area contributed by atoms with Gasteiger partial charge in [0.1, 0.15) is 0 Å². The van der Waals surface area contributed by atoms with Crippen molar-refractivity contribution in [2.75, 3.05) is 7.11 Å². The number of esters is 1. The zero-order chi connectivity index (χ0) is 16.4. The quantitative estimate of drug-likeness (QED) is 0.764. The number of carbonyl (C=O) groups is 1. The summed E-state index contributed by atoms with van der Waals surface area (Å²) >= 11 is 3.26. The summed E-state index contributed by atoms with van der Waals surface area (Å²) in [4.78, 5) is 24.2. The Bertz CT molecular complexity index is 770. The van der Waals surface area contributed by atoms with E-state index in [0.717, 1.165) is 19.3 Å². The summed E-state index contributed by atoms with van der Waals surface area (Å²) in [7, 11) is 1.34. The molecule has 120 valence electrons. The van der Waals surface area contributed by atoms with Crippen molar-refractivity contribution in [3.63, 3.8) is 0 Å². The molecule has 1 saturated carbocycles. The molecular weight excluding hydrogens is 358 g/mol. The van der Waals surface area contributed by atoms with Gasteiger partial charge in [0, 0.05) is 12.2 Å². The fourth-order valence-corrected chi connectivity index (χ4v) is 3.76. The van der Waals surface area contributed by atoms with Crippen LogP contribution in [0.4, 0.5) is 0 Å². The number of benzene rings is 1. The van der Waals surface area contributed by atoms with E-state index in [1.54, 1.807) is 10.8 Å². The molecule has 0 N–H and O–H groups in total. The Morgan fingerprint density at radius 3 is 2.70 bits per heavy atom. The molecule has 0 amide bonds. The van der Waals surface area contributed by atoms with Gasteiger partial charge >= 0.3 is 5.97 Å². The van der Waals surface area contributed by atoms with Gasteiger partial charge in [-0.25, -0.2) is 4.79 Å². The highest BCUT2D eigenvalue weighted by Gasteiger charge is 2.28. The van der Waals surface area contributed by atoms with Crippen molar-refractivity contribution in [1.82, 2.24) is 4.57 Å². The van der Waals surface area contributed by atoms with Crippen LogP contribution in [0.15, 0.2) is 51.9 Å². The van der Waals surface area contributed by atoms with E-state index in [2.05, 4.69) is 28.1 Å². The maximum Gasteiger partial charge on any atom is 0.339 e. The Kier molecular flexibility index (Phi) is 4.66. The lowest BCUT2D eigenvalue weighted by Gasteiger charge is -2.16. The molecule has 0 spiro atoms. The fraction of sp³-hybridized carbons (Fsp3) is 0.333. The number of nitrogens with zero attached hydrogens (tertiary/aromatic N) is 1. The second kappa shape index (κ2) is 6.71. The Labute approximate surface area is 143 Å². The van der Waals surface area contributed by atoms with Crippen molar-refractivity contribution in [3.8, 4) is 0 Å². The van der Waals surface area contributed by atoms with Crippen molar-refractivity contribution in [1.29, 1.82) is 0 Å². The fourth-order valence-electron chi connectivity index (χ4n) is 3.31. The second-order valence-corrected chi connectivity index (χ2v) is 6.71. The Hall–Kier alpha value is -1.88. The predicted molar refractivity (Wildman–Crippen MR) is 91.8 cm³/mol. The molecule has 0 radical (unpaired) electrons. The van der Waals surface area contributed by atoms with Crippen LogP contribution < -0.4 is 5.56 Å². The number of hydrogen-bond donors (Lipinski definition) is 0. The number of ether oxygens (including phenoxy) is 1. The van der Waals surface area contributed by atoms with Crippen LogP contribution in [0, 0.1) is 0 Å². The van der Waals surface area contributed by atoms with E-state index in [-0.39, 0.29) is 11.6 Å². The second-order valence-electron chi connectivity index (χ2n) is 5.86. The van der Waals surface area contributed by atoms with Gasteiger partial charge in [-0.1, -0.05) is 30.3 Å². The Morgan fingerprint density at radius 1 is 1.26 bits per heavy atom. The van der Waals surface area contributed by atoms with Crippen LogP contribution in [0.1, 0.15) is 47.1 Å². The van der Waals surface area contributed by atoms with E-state index in [1.807, 2.05) is 18.2 Å². The number of hydrogen-bond acceptors (Lipinski definition) is 3. The highest BCUT2D eigenvalue weighted by atomic mass is 79.9. The molecule has 3 rings (SSSR count). The van der Waals surface area contributed by atoms with Gasteiger partial charge in [-0.05, 0) is 52.7 Å². The van der Waals surface area contributed by atoms with E-state index in [1.165, 1.54) is 18.7 Å². The van der Waals surface area contributed by atoms with Crippen LogP contribution in [0.5, 0.6) is 0 Å². The molecule has 2 unspecified atom stereocenters. The monoisotopic (exact) mass is 375 g/mol. The molecule has 0 saturated heterocycles. The maximum absolute atomic E-state index is 12.4. The van der Waals surface area contributed by atoms with Gasteiger partial charge in [0.15, 0.2) is 0 Å². The van der Waals surface area contributed by atoms with Crippen molar-refractivity contribution in [2.45, 2.75) is 31.2 Å². The average Bonchev–Trinajstić information content (AvgIpc) is 3.07. The van der Waals surface area contributed by atoms with E-state index >= 15 is 0 Å². The van der Waals surface area contributed by atoms with Gasteiger partial charge in [-0.3, -0.25) is 4.79 Å². The predicted octanol–water partition coefficient (Wildman–Crippen LogP) is 3.91. The first-order valence-electron chi connectivity index (χ1n) is 7.65. The van der Waals surface area contributed by atoms with E-state index in [9.17, 15) is 9.59 Å². The standard InChI is InChI=1S/C18H18BrNO3/c1-23-18(22)14-10-16(19)17(21)20(11-14)15-8-7-13(9-15)12-5-3-2-4-6-12/h2-6,10-11,13,15H,7-9H2,1H3. The first-order valence-corrected chi connectivity index (χ1v) is 8.44. The average molecular weight is 376 g/mol. The van der Waals surface area contributed by atoms with Crippen LogP contribution in [0.3, 0.4) is 0 Å². The molecule has 0 bridgehead atoms. The zero-order valence-corrected chi connectivity index (χ0v) is 14.5. The molecule has 1 aromatic carbocycles. The molecule has 4 nitrogen and oxygen atoms in total. The number of aromatic nitrogens is 1. The summed E-state index contributed by atoms with van der Waals surface area (Å²) in [6.45, 7) is 0. The minimum absolute atomic E-state index is 0.101. The van der Waals surface area contributed by atoms with Crippen LogP contribution >= 0.6 is 15.9 Å². The van der Waals surface area contributed by atoms with Crippen LogP contribution in [0.25, 0.3) is 0 Å². The molecule has 1 aliphatic rings. The molecule has 2 aromatic rings. The smallest absolute Gasteiger partial charge is 0.339 e. The van der Waals surface area contributed by atoms with Gasteiger partial charge in [-0.2, -0.15) is 0 Å². The molecule has 2 atom stereocenters. The van der Waals surface area contributed by atoms with E-state index in [0.29, 0.717) is 16.0 Å². The minimum Gasteiger partial charge on any atom is -0.465 e. The van der Waals surface area contributed by atoms with E-state index in [4.69, 9.17) is 4.74 Å². The molecule has 1 fully saturated rings. The molecule has 1 heterocycles. The number of carbonyl (C=O) groups excluding carboxylic acids is 1. The molecule has 23 heavy (non-hydrogen) atoms. The van der Waals surface area contributed by atoms with Gasteiger partial charge in [0.2, 0.25) is 0 Å². The van der Waals surface area contributed by atoms with Crippen molar-refractivity contribution < 1.29 is 9.53 Å². The lowest BCUT2D eigenvalue weighted by molar-refractivity contribution is 0.0599. The molecule has 1 aromatic heterocycles. The summed E-state index contributed by atoms with van der Waals surface area (Å²) in [5.41, 5.74) is 1.60. The lowest BCUT2D eigenvalue weighted by atomic mass is 9.97. The topological polar surface area (TPSA) is 48.3 Å². The van der Waals surface area contributed by atoms with Crippen LogP contribution in [-0.2, 0) is 4.74 Å². The molecular formula is C18H18BrNO3. The number of halogens is 1. The molecule has 0 aliphatic heterocycles. The van der Waals surface area contributed by atoms with Crippen molar-refractivity contribution >= 4 is 21.9 Å². The van der Waals surface area contributed by atoms with Gasteiger partial charge < -0.3 is 9.30 Å². The Morgan fingerprint density at radius 2 is 2.00 bits per heavy atom. The highest BCUT2D eigenvalue weighted by molar-refractivity contribution is 9.10. The van der Waals surface area contributed by atoms with E-state index < -0.39 is 5.97 Å². The van der Waals surface area contributed by atoms with Gasteiger partial charge in [-0.15, -0.1) is 0 Å². The van der Waals surface area contributed by atoms with Crippen LogP contribution in [-0.4, -0.2) is 17.6 Å². The number of pyridine rings is 1. The highest BCUT2D eigenvalue weighted by Crippen LogP contribution is 2.40. The largest absolute Gasteiger partial charge is 0.465 e. The first-order chi connectivity index (χ1) is 11.1. The normalized spacial score (nSPS) is 20.4. The maximum atomic E-state index is 12.4. The number of rotatable bonds is 3.